The number of halogens is 2. The van der Waals surface area contributed by atoms with Crippen LogP contribution < -0.4 is 10.5 Å². The molecule has 2 heterocycles. The number of primary amides is 1. The van der Waals surface area contributed by atoms with Gasteiger partial charge in [-0.25, -0.2) is 4.98 Å². The third kappa shape index (κ3) is 2.81. The molecule has 24 heavy (non-hydrogen) atoms. The molecular formula is C15H14Cl2N4O3. The summed E-state index contributed by atoms with van der Waals surface area (Å²) in [6.07, 6.45) is 1.42. The molecule has 1 aliphatic rings. The first-order chi connectivity index (χ1) is 11.4. The van der Waals surface area contributed by atoms with E-state index in [-0.39, 0.29) is 22.5 Å². The number of benzene rings is 1. The fourth-order valence-electron chi connectivity index (χ4n) is 2.69. The SMILES string of the molecule is COc1c(Cl)cc(C(=O)N2CCn3c(C(N)=O)cnc3C2)cc1Cl. The number of methoxy groups -OCH3 is 1. The maximum atomic E-state index is 12.7. The Labute approximate surface area is 147 Å². The van der Waals surface area contributed by atoms with Gasteiger partial charge in [0.25, 0.3) is 11.8 Å². The van der Waals surface area contributed by atoms with E-state index >= 15 is 0 Å². The number of fused-ring (bicyclic) bond motifs is 1. The van der Waals surface area contributed by atoms with E-state index in [0.29, 0.717) is 35.9 Å². The van der Waals surface area contributed by atoms with Crippen molar-refractivity contribution in [3.63, 3.8) is 0 Å². The Bertz CT molecular complexity index is 811. The van der Waals surface area contributed by atoms with Gasteiger partial charge in [0.05, 0.1) is 29.9 Å². The number of nitrogens with zero attached hydrogens (tertiary/aromatic N) is 3. The molecule has 2 aromatic rings. The predicted octanol–water partition coefficient (Wildman–Crippen LogP) is 1.95. The second-order valence-electron chi connectivity index (χ2n) is 5.28. The third-order valence-electron chi connectivity index (χ3n) is 3.85. The van der Waals surface area contributed by atoms with E-state index in [2.05, 4.69) is 4.98 Å². The number of ether oxygens (including phenoxy) is 1. The normalized spacial score (nSPS) is 13.5. The van der Waals surface area contributed by atoms with E-state index in [0.717, 1.165) is 0 Å². The Morgan fingerprint density at radius 1 is 1.25 bits per heavy atom. The molecule has 0 aliphatic carbocycles. The average Bonchev–Trinajstić information content (AvgIpc) is 2.97. The monoisotopic (exact) mass is 368 g/mol. The van der Waals surface area contributed by atoms with Crippen LogP contribution in [-0.2, 0) is 13.1 Å². The summed E-state index contributed by atoms with van der Waals surface area (Å²) < 4.78 is 6.80. The molecule has 9 heteroatoms. The van der Waals surface area contributed by atoms with Crippen LogP contribution in [0.2, 0.25) is 10.0 Å². The van der Waals surface area contributed by atoms with E-state index in [4.69, 9.17) is 33.7 Å². The molecule has 2 N–H and O–H groups in total. The van der Waals surface area contributed by atoms with Crippen molar-refractivity contribution in [2.75, 3.05) is 13.7 Å². The van der Waals surface area contributed by atoms with Crippen LogP contribution in [0, 0.1) is 0 Å². The van der Waals surface area contributed by atoms with E-state index in [1.165, 1.54) is 25.4 Å². The Morgan fingerprint density at radius 3 is 2.50 bits per heavy atom. The molecule has 1 aromatic carbocycles. The van der Waals surface area contributed by atoms with Crippen molar-refractivity contribution in [1.82, 2.24) is 14.5 Å². The van der Waals surface area contributed by atoms with E-state index < -0.39 is 5.91 Å². The van der Waals surface area contributed by atoms with E-state index in [9.17, 15) is 9.59 Å². The molecule has 0 bridgehead atoms. The van der Waals surface area contributed by atoms with Crippen LogP contribution in [0.1, 0.15) is 26.7 Å². The standard InChI is InChI=1S/C15H14Cl2N4O3/c1-24-13-9(16)4-8(5-10(13)17)15(23)20-2-3-21-11(14(18)22)6-19-12(21)7-20/h4-6H,2-3,7H2,1H3,(H2,18,22). The summed E-state index contributed by atoms with van der Waals surface area (Å²) in [4.78, 5) is 29.8. The van der Waals surface area contributed by atoms with Gasteiger partial charge in [-0.3, -0.25) is 9.59 Å². The van der Waals surface area contributed by atoms with Crippen LogP contribution in [0.4, 0.5) is 0 Å². The molecular weight excluding hydrogens is 355 g/mol. The van der Waals surface area contributed by atoms with Crippen LogP contribution >= 0.6 is 23.2 Å². The van der Waals surface area contributed by atoms with Gasteiger partial charge in [0.2, 0.25) is 0 Å². The maximum Gasteiger partial charge on any atom is 0.266 e. The summed E-state index contributed by atoms with van der Waals surface area (Å²) in [5, 5.41) is 0.533. The van der Waals surface area contributed by atoms with Gasteiger partial charge in [0.1, 0.15) is 11.5 Å². The molecule has 0 unspecified atom stereocenters. The molecule has 0 spiro atoms. The van der Waals surface area contributed by atoms with Crippen LogP contribution in [0.15, 0.2) is 18.3 Å². The zero-order valence-corrected chi connectivity index (χ0v) is 14.3. The fraction of sp³-hybridized carbons (Fsp3) is 0.267. The minimum absolute atomic E-state index is 0.226. The van der Waals surface area contributed by atoms with E-state index in [1.807, 2.05) is 0 Å². The minimum atomic E-state index is -0.540. The van der Waals surface area contributed by atoms with Gasteiger partial charge in [-0.15, -0.1) is 0 Å². The van der Waals surface area contributed by atoms with Crippen molar-refractivity contribution in [2.24, 2.45) is 5.73 Å². The van der Waals surface area contributed by atoms with Crippen molar-refractivity contribution in [1.29, 1.82) is 0 Å². The highest BCUT2D eigenvalue weighted by Gasteiger charge is 2.26. The maximum absolute atomic E-state index is 12.7. The van der Waals surface area contributed by atoms with Gasteiger partial charge < -0.3 is 19.9 Å². The summed E-state index contributed by atoms with van der Waals surface area (Å²) >= 11 is 12.2. The number of amides is 2. The first-order valence-corrected chi connectivity index (χ1v) is 7.84. The zero-order valence-electron chi connectivity index (χ0n) is 12.8. The molecule has 0 fully saturated rings. The Balaban J connectivity index is 1.85. The highest BCUT2D eigenvalue weighted by Crippen LogP contribution is 2.34. The molecule has 0 saturated heterocycles. The number of nitrogens with two attached hydrogens (primary N) is 1. The predicted molar refractivity (Wildman–Crippen MR) is 88.5 cm³/mol. The van der Waals surface area contributed by atoms with Gasteiger partial charge in [-0.1, -0.05) is 23.2 Å². The largest absolute Gasteiger partial charge is 0.494 e. The quantitative estimate of drug-likeness (QED) is 0.896. The van der Waals surface area contributed by atoms with Crippen molar-refractivity contribution >= 4 is 35.0 Å². The lowest BCUT2D eigenvalue weighted by atomic mass is 10.1. The Hall–Kier alpha value is -2.25. The van der Waals surface area contributed by atoms with Crippen molar-refractivity contribution in [3.05, 3.63) is 45.5 Å². The molecule has 0 radical (unpaired) electrons. The van der Waals surface area contributed by atoms with Crippen LogP contribution in [0.25, 0.3) is 0 Å². The highest BCUT2D eigenvalue weighted by molar-refractivity contribution is 6.37. The smallest absolute Gasteiger partial charge is 0.266 e. The molecule has 7 nitrogen and oxygen atoms in total. The van der Waals surface area contributed by atoms with Crippen molar-refractivity contribution in [3.8, 4) is 5.75 Å². The summed E-state index contributed by atoms with van der Waals surface area (Å²) in [5.74, 6) is 0.169. The van der Waals surface area contributed by atoms with Crippen LogP contribution in [0.3, 0.4) is 0 Å². The van der Waals surface area contributed by atoms with E-state index in [1.54, 1.807) is 9.47 Å². The van der Waals surface area contributed by atoms with Gasteiger partial charge in [0, 0.05) is 18.7 Å². The minimum Gasteiger partial charge on any atom is -0.494 e. The summed E-state index contributed by atoms with van der Waals surface area (Å²) in [6, 6.07) is 3.04. The average molecular weight is 369 g/mol. The number of rotatable bonds is 3. The zero-order chi connectivity index (χ0) is 17.4. The summed E-state index contributed by atoms with van der Waals surface area (Å²) in [7, 11) is 1.45. The lowest BCUT2D eigenvalue weighted by Gasteiger charge is -2.28. The second-order valence-corrected chi connectivity index (χ2v) is 6.09. The second kappa shape index (κ2) is 6.33. The number of hydrogen-bond acceptors (Lipinski definition) is 4. The summed E-state index contributed by atoms with van der Waals surface area (Å²) in [6.45, 7) is 1.13. The molecule has 2 amide bonds. The van der Waals surface area contributed by atoms with Gasteiger partial charge in [-0.2, -0.15) is 0 Å². The lowest BCUT2D eigenvalue weighted by molar-refractivity contribution is 0.0706. The molecule has 126 valence electrons. The number of carbonyl (C=O) groups is 2. The summed E-state index contributed by atoms with van der Waals surface area (Å²) in [5.41, 5.74) is 6.01. The first-order valence-electron chi connectivity index (χ1n) is 7.09. The van der Waals surface area contributed by atoms with Gasteiger partial charge in [0.15, 0.2) is 5.75 Å². The lowest BCUT2D eigenvalue weighted by Crippen LogP contribution is -2.39. The number of aromatic nitrogens is 2. The molecule has 3 rings (SSSR count). The van der Waals surface area contributed by atoms with Crippen LogP contribution in [0.5, 0.6) is 5.75 Å². The number of hydrogen-bond donors (Lipinski definition) is 1. The molecule has 1 aromatic heterocycles. The third-order valence-corrected chi connectivity index (χ3v) is 4.41. The molecule has 0 saturated carbocycles. The Morgan fingerprint density at radius 2 is 1.92 bits per heavy atom. The first kappa shape index (κ1) is 16.6. The number of carbonyl (C=O) groups excluding carboxylic acids is 2. The van der Waals surface area contributed by atoms with Crippen LogP contribution in [-0.4, -0.2) is 39.9 Å². The van der Waals surface area contributed by atoms with Crippen molar-refractivity contribution in [2.45, 2.75) is 13.1 Å². The number of imidazole rings is 1. The highest BCUT2D eigenvalue weighted by atomic mass is 35.5. The topological polar surface area (TPSA) is 90.5 Å². The van der Waals surface area contributed by atoms with Gasteiger partial charge in [-0.05, 0) is 12.1 Å². The molecule has 1 aliphatic heterocycles. The molecule has 0 atom stereocenters. The fourth-order valence-corrected chi connectivity index (χ4v) is 3.33. The van der Waals surface area contributed by atoms with Crippen molar-refractivity contribution < 1.29 is 14.3 Å². The Kier molecular flexibility index (Phi) is 4.38. The van der Waals surface area contributed by atoms with Gasteiger partial charge >= 0.3 is 0 Å².